The minimum atomic E-state index is -0.379. The minimum Gasteiger partial charge on any atom is -0.465 e. The van der Waals surface area contributed by atoms with Crippen LogP contribution in [0.4, 0.5) is 0 Å². The number of hydrogen-bond donors (Lipinski definition) is 0. The van der Waals surface area contributed by atoms with Gasteiger partial charge >= 0.3 is 5.97 Å². The van der Waals surface area contributed by atoms with Crippen molar-refractivity contribution in [2.45, 2.75) is 0 Å². The molecule has 0 unspecified atom stereocenters. The van der Waals surface area contributed by atoms with Gasteiger partial charge in [0.2, 0.25) is 5.88 Å². The minimum absolute atomic E-state index is 0.379. The number of nitrogens with zero attached hydrogens (tertiary/aromatic N) is 2. The average Bonchev–Trinajstić information content (AvgIpc) is 2.40. The first-order valence-corrected chi connectivity index (χ1v) is 4.93. The molecule has 1 heterocycles. The van der Waals surface area contributed by atoms with Crippen molar-refractivity contribution < 1.29 is 14.3 Å². The van der Waals surface area contributed by atoms with Gasteiger partial charge in [0, 0.05) is 12.3 Å². The third-order valence-corrected chi connectivity index (χ3v) is 2.05. The molecule has 5 heteroatoms. The zero-order valence-electron chi connectivity index (χ0n) is 9.16. The summed E-state index contributed by atoms with van der Waals surface area (Å²) >= 11 is 0. The fourth-order valence-electron chi connectivity index (χ4n) is 1.24. The lowest BCUT2D eigenvalue weighted by Gasteiger charge is -2.04. The first-order chi connectivity index (χ1) is 8.29. The van der Waals surface area contributed by atoms with Crippen molar-refractivity contribution in [2.24, 2.45) is 0 Å². The number of rotatable bonds is 3. The van der Waals surface area contributed by atoms with Crippen LogP contribution >= 0.6 is 0 Å². The van der Waals surface area contributed by atoms with Crippen LogP contribution in [0.2, 0.25) is 0 Å². The molecule has 0 aliphatic carbocycles. The molecular weight excluding hydrogens is 220 g/mol. The van der Waals surface area contributed by atoms with E-state index in [4.69, 9.17) is 4.74 Å². The Morgan fingerprint density at radius 1 is 1.18 bits per heavy atom. The van der Waals surface area contributed by atoms with Gasteiger partial charge in [-0.25, -0.2) is 4.79 Å². The van der Waals surface area contributed by atoms with Gasteiger partial charge in [-0.1, -0.05) is 0 Å². The Bertz CT molecular complexity index is 497. The smallest absolute Gasteiger partial charge is 0.337 e. The monoisotopic (exact) mass is 230 g/mol. The Balaban J connectivity index is 2.11. The van der Waals surface area contributed by atoms with Crippen LogP contribution in [0, 0.1) is 0 Å². The van der Waals surface area contributed by atoms with Gasteiger partial charge < -0.3 is 9.47 Å². The maximum Gasteiger partial charge on any atom is 0.337 e. The molecule has 0 amide bonds. The first-order valence-electron chi connectivity index (χ1n) is 4.93. The van der Waals surface area contributed by atoms with E-state index in [0.717, 1.165) is 0 Å². The van der Waals surface area contributed by atoms with Crippen LogP contribution in [0.15, 0.2) is 42.6 Å². The van der Waals surface area contributed by atoms with E-state index < -0.39 is 0 Å². The fraction of sp³-hybridized carbons (Fsp3) is 0.0833. The Morgan fingerprint density at radius 2 is 1.94 bits per heavy atom. The second-order valence-electron chi connectivity index (χ2n) is 3.18. The molecule has 0 N–H and O–H groups in total. The second kappa shape index (κ2) is 5.07. The molecule has 0 saturated heterocycles. The molecule has 0 atom stereocenters. The van der Waals surface area contributed by atoms with Crippen molar-refractivity contribution in [3.05, 3.63) is 48.2 Å². The van der Waals surface area contributed by atoms with Gasteiger partial charge in [0.15, 0.2) is 0 Å². The topological polar surface area (TPSA) is 61.3 Å². The van der Waals surface area contributed by atoms with E-state index in [2.05, 4.69) is 14.9 Å². The lowest BCUT2D eigenvalue weighted by Crippen LogP contribution is -2.00. The molecular formula is C12H10N2O3. The molecule has 0 fully saturated rings. The highest BCUT2D eigenvalue weighted by Crippen LogP contribution is 2.18. The molecule has 0 saturated carbocycles. The van der Waals surface area contributed by atoms with Gasteiger partial charge in [0.25, 0.3) is 0 Å². The lowest BCUT2D eigenvalue weighted by molar-refractivity contribution is 0.0600. The van der Waals surface area contributed by atoms with E-state index in [1.54, 1.807) is 42.6 Å². The van der Waals surface area contributed by atoms with Gasteiger partial charge in [0.05, 0.1) is 12.7 Å². The number of hydrogen-bond acceptors (Lipinski definition) is 5. The fourth-order valence-corrected chi connectivity index (χ4v) is 1.24. The molecule has 2 rings (SSSR count). The van der Waals surface area contributed by atoms with Gasteiger partial charge in [-0.05, 0) is 30.3 Å². The molecule has 0 bridgehead atoms. The van der Waals surface area contributed by atoms with E-state index in [9.17, 15) is 4.79 Å². The summed E-state index contributed by atoms with van der Waals surface area (Å²) in [6.45, 7) is 0. The largest absolute Gasteiger partial charge is 0.465 e. The number of methoxy groups -OCH3 is 1. The molecule has 2 aromatic rings. The standard InChI is InChI=1S/C12H10N2O3/c1-16-12(15)9-4-6-10(7-5-9)17-11-3-2-8-13-14-11/h2-8H,1H3. The van der Waals surface area contributed by atoms with Crippen molar-refractivity contribution in [1.29, 1.82) is 0 Å². The quantitative estimate of drug-likeness (QED) is 0.755. The molecule has 17 heavy (non-hydrogen) atoms. The Kier molecular flexibility index (Phi) is 3.30. The summed E-state index contributed by atoms with van der Waals surface area (Å²) in [6, 6.07) is 10.0. The maximum absolute atomic E-state index is 11.2. The van der Waals surface area contributed by atoms with Gasteiger partial charge in [0.1, 0.15) is 5.75 Å². The Labute approximate surface area is 98.0 Å². The molecule has 1 aromatic heterocycles. The van der Waals surface area contributed by atoms with E-state index in [1.165, 1.54) is 7.11 Å². The Morgan fingerprint density at radius 3 is 2.53 bits per heavy atom. The van der Waals surface area contributed by atoms with Crippen molar-refractivity contribution in [2.75, 3.05) is 7.11 Å². The zero-order chi connectivity index (χ0) is 12.1. The van der Waals surface area contributed by atoms with E-state index >= 15 is 0 Å². The number of carbonyl (C=O) groups excluding carboxylic acids is 1. The van der Waals surface area contributed by atoms with Crippen molar-refractivity contribution in [3.63, 3.8) is 0 Å². The molecule has 1 aromatic carbocycles. The summed E-state index contributed by atoms with van der Waals surface area (Å²) in [5, 5.41) is 7.47. The maximum atomic E-state index is 11.2. The number of benzene rings is 1. The number of aromatic nitrogens is 2. The predicted molar refractivity (Wildman–Crippen MR) is 59.9 cm³/mol. The third-order valence-electron chi connectivity index (χ3n) is 2.05. The van der Waals surface area contributed by atoms with Gasteiger partial charge in [-0.2, -0.15) is 5.10 Å². The van der Waals surface area contributed by atoms with Crippen LogP contribution in [0.3, 0.4) is 0 Å². The van der Waals surface area contributed by atoms with Crippen LogP contribution in [0.5, 0.6) is 11.6 Å². The summed E-state index contributed by atoms with van der Waals surface area (Å²) in [5.41, 5.74) is 0.471. The molecule has 0 radical (unpaired) electrons. The highest BCUT2D eigenvalue weighted by atomic mass is 16.5. The summed E-state index contributed by atoms with van der Waals surface area (Å²) in [6.07, 6.45) is 1.56. The number of ether oxygens (including phenoxy) is 2. The Hall–Kier alpha value is -2.43. The zero-order valence-corrected chi connectivity index (χ0v) is 9.16. The summed E-state index contributed by atoms with van der Waals surface area (Å²) in [4.78, 5) is 11.2. The lowest BCUT2D eigenvalue weighted by atomic mass is 10.2. The molecule has 5 nitrogen and oxygen atoms in total. The highest BCUT2D eigenvalue weighted by molar-refractivity contribution is 5.89. The number of carbonyl (C=O) groups is 1. The molecule has 86 valence electrons. The first kappa shape index (κ1) is 11.1. The van der Waals surface area contributed by atoms with Crippen LogP contribution in [-0.2, 0) is 4.74 Å². The second-order valence-corrected chi connectivity index (χ2v) is 3.18. The molecule has 0 spiro atoms. The molecule has 0 aliphatic heterocycles. The predicted octanol–water partition coefficient (Wildman–Crippen LogP) is 2.06. The van der Waals surface area contributed by atoms with E-state index in [0.29, 0.717) is 17.2 Å². The van der Waals surface area contributed by atoms with Crippen LogP contribution in [-0.4, -0.2) is 23.3 Å². The van der Waals surface area contributed by atoms with Crippen molar-refractivity contribution in [3.8, 4) is 11.6 Å². The van der Waals surface area contributed by atoms with Crippen LogP contribution in [0.1, 0.15) is 10.4 Å². The normalized spacial score (nSPS) is 9.71. The summed E-state index contributed by atoms with van der Waals surface area (Å²) in [7, 11) is 1.34. The summed E-state index contributed by atoms with van der Waals surface area (Å²) < 4.78 is 10.0. The SMILES string of the molecule is COC(=O)c1ccc(Oc2cccnn2)cc1. The van der Waals surface area contributed by atoms with Crippen LogP contribution in [0.25, 0.3) is 0 Å². The third kappa shape index (κ3) is 2.78. The van der Waals surface area contributed by atoms with Gasteiger partial charge in [-0.15, -0.1) is 5.10 Å². The average molecular weight is 230 g/mol. The van der Waals surface area contributed by atoms with Crippen molar-refractivity contribution >= 4 is 5.97 Å². The number of esters is 1. The van der Waals surface area contributed by atoms with Crippen molar-refractivity contribution in [1.82, 2.24) is 10.2 Å². The summed E-state index contributed by atoms with van der Waals surface area (Å²) in [5.74, 6) is 0.604. The van der Waals surface area contributed by atoms with E-state index in [1.807, 2.05) is 0 Å². The highest BCUT2D eigenvalue weighted by Gasteiger charge is 2.05. The molecule has 0 aliphatic rings. The van der Waals surface area contributed by atoms with E-state index in [-0.39, 0.29) is 5.97 Å². The van der Waals surface area contributed by atoms with Gasteiger partial charge in [-0.3, -0.25) is 0 Å². The van der Waals surface area contributed by atoms with Crippen LogP contribution < -0.4 is 4.74 Å².